The molecule has 6 heteroatoms. The van der Waals surface area contributed by atoms with Gasteiger partial charge in [0.15, 0.2) is 0 Å². The molecule has 0 spiro atoms. The Balaban J connectivity index is 1.38. The van der Waals surface area contributed by atoms with Crippen LogP contribution in [0.15, 0.2) is 54.6 Å². The summed E-state index contributed by atoms with van der Waals surface area (Å²) in [5.41, 5.74) is 1.91. The summed E-state index contributed by atoms with van der Waals surface area (Å²) in [6, 6.07) is 18.6. The normalized spacial score (nSPS) is 25.5. The predicted octanol–water partition coefficient (Wildman–Crippen LogP) is 6.30. The molecule has 5 nitrogen and oxygen atoms in total. The van der Waals surface area contributed by atoms with Crippen molar-refractivity contribution in [2.75, 3.05) is 31.1 Å². The van der Waals surface area contributed by atoms with E-state index in [1.54, 1.807) is 0 Å². The lowest BCUT2D eigenvalue weighted by Gasteiger charge is -2.43. The molecule has 0 unspecified atom stereocenters. The number of carbonyl (C=O) groups is 2. The molecule has 1 saturated carbocycles. The Kier molecular flexibility index (Phi) is 7.77. The van der Waals surface area contributed by atoms with Crippen molar-refractivity contribution in [3.63, 3.8) is 0 Å². The van der Waals surface area contributed by atoms with Crippen LogP contribution in [0.1, 0.15) is 71.3 Å². The lowest BCUT2D eigenvalue weighted by molar-refractivity contribution is -0.139. The van der Waals surface area contributed by atoms with Gasteiger partial charge >= 0.3 is 0 Å². The monoisotopic (exact) mass is 535 g/mol. The van der Waals surface area contributed by atoms with E-state index in [1.165, 1.54) is 0 Å². The lowest BCUT2D eigenvalue weighted by Crippen LogP contribution is -2.52. The molecule has 3 aliphatic rings. The van der Waals surface area contributed by atoms with E-state index < -0.39 is 5.41 Å². The van der Waals surface area contributed by atoms with E-state index in [-0.39, 0.29) is 17.9 Å². The molecule has 5 rings (SSSR count). The molecule has 2 heterocycles. The minimum atomic E-state index is -0.621. The first-order valence-corrected chi connectivity index (χ1v) is 14.8. The maximum Gasteiger partial charge on any atom is 0.235 e. The molecular formula is C32H42ClN3O2. The summed E-state index contributed by atoms with van der Waals surface area (Å²) < 4.78 is 0. The van der Waals surface area contributed by atoms with Gasteiger partial charge in [-0.05, 0) is 73.8 Å². The highest BCUT2D eigenvalue weighted by atomic mass is 35.5. The Hall–Kier alpha value is -2.53. The van der Waals surface area contributed by atoms with Crippen LogP contribution < -0.4 is 4.90 Å². The van der Waals surface area contributed by atoms with Crippen molar-refractivity contribution in [2.24, 2.45) is 5.41 Å². The van der Waals surface area contributed by atoms with Gasteiger partial charge in [-0.2, -0.15) is 0 Å². The van der Waals surface area contributed by atoms with E-state index in [0.29, 0.717) is 42.5 Å². The zero-order valence-electron chi connectivity index (χ0n) is 23.2. The van der Waals surface area contributed by atoms with E-state index in [0.717, 1.165) is 56.3 Å². The molecule has 0 aromatic heterocycles. The van der Waals surface area contributed by atoms with Gasteiger partial charge in [0.25, 0.3) is 0 Å². The fourth-order valence-corrected chi connectivity index (χ4v) is 7.10. The fraction of sp³-hybridized carbons (Fsp3) is 0.562. The van der Waals surface area contributed by atoms with Crippen molar-refractivity contribution in [1.29, 1.82) is 0 Å². The second kappa shape index (κ2) is 10.9. The van der Waals surface area contributed by atoms with Crippen molar-refractivity contribution in [3.8, 4) is 0 Å². The maximum atomic E-state index is 14.5. The number of benzene rings is 2. The number of hydrogen-bond acceptors (Lipinski definition) is 3. The second-order valence-corrected chi connectivity index (χ2v) is 12.8. The van der Waals surface area contributed by atoms with Crippen molar-refractivity contribution in [1.82, 2.24) is 9.80 Å². The summed E-state index contributed by atoms with van der Waals surface area (Å²) in [7, 11) is 0. The summed E-state index contributed by atoms with van der Waals surface area (Å²) in [6.07, 6.45) is 6.55. The first-order valence-electron chi connectivity index (χ1n) is 14.4. The van der Waals surface area contributed by atoms with E-state index in [4.69, 9.17) is 11.6 Å². The molecule has 0 N–H and O–H groups in total. The van der Waals surface area contributed by atoms with Crippen molar-refractivity contribution in [2.45, 2.75) is 83.2 Å². The fourth-order valence-electron chi connectivity index (χ4n) is 6.98. The Morgan fingerprint density at radius 2 is 1.61 bits per heavy atom. The van der Waals surface area contributed by atoms with Gasteiger partial charge < -0.3 is 14.7 Å². The summed E-state index contributed by atoms with van der Waals surface area (Å²) in [5, 5.41) is 0.680. The zero-order chi connectivity index (χ0) is 26.9. The Bertz CT molecular complexity index is 1130. The molecule has 2 aromatic carbocycles. The van der Waals surface area contributed by atoms with Crippen molar-refractivity contribution < 1.29 is 9.59 Å². The quantitative estimate of drug-likeness (QED) is 0.436. The summed E-state index contributed by atoms with van der Waals surface area (Å²) in [4.78, 5) is 34.2. The van der Waals surface area contributed by atoms with Gasteiger partial charge in [0.2, 0.25) is 11.8 Å². The standard InChI is InChI=1S/C32H42ClN3O2/c1-4-29(37)36(27-14-17-31(2,3)18-15-27)28-16-20-34(22-28)30(38)32(24-10-12-25(33)13-11-24)19-21-35(23-32)26-8-6-5-7-9-26/h5-13,27-28H,4,14-23H2,1-3H3/t28-,32+/m0/s1. The lowest BCUT2D eigenvalue weighted by atomic mass is 9.75. The van der Waals surface area contributed by atoms with Crippen molar-refractivity contribution in [3.05, 3.63) is 65.2 Å². The van der Waals surface area contributed by atoms with Crippen LogP contribution in [0.5, 0.6) is 0 Å². The SMILES string of the molecule is CCC(=O)N(C1CCC(C)(C)CC1)[C@H]1CCN(C(=O)[C@]2(c3ccc(Cl)cc3)CCN(c3ccccc3)C2)C1. The first kappa shape index (κ1) is 27.1. The number of para-hydroxylation sites is 1. The summed E-state index contributed by atoms with van der Waals surface area (Å²) in [6.45, 7) is 9.44. The highest BCUT2D eigenvalue weighted by Crippen LogP contribution is 2.41. The zero-order valence-corrected chi connectivity index (χ0v) is 23.9. The molecule has 2 saturated heterocycles. The average Bonchev–Trinajstić information content (AvgIpc) is 3.59. The number of halogens is 1. The van der Waals surface area contributed by atoms with Crippen LogP contribution in [0.3, 0.4) is 0 Å². The van der Waals surface area contributed by atoms with E-state index in [2.05, 4.69) is 52.8 Å². The number of nitrogens with zero attached hydrogens (tertiary/aromatic N) is 3. The highest BCUT2D eigenvalue weighted by molar-refractivity contribution is 6.30. The third kappa shape index (κ3) is 5.32. The molecule has 2 aromatic rings. The minimum Gasteiger partial charge on any atom is -0.370 e. The van der Waals surface area contributed by atoms with Crippen LogP contribution in [0.2, 0.25) is 5.02 Å². The van der Waals surface area contributed by atoms with Gasteiger partial charge in [0.1, 0.15) is 0 Å². The van der Waals surface area contributed by atoms with Crippen molar-refractivity contribution >= 4 is 29.1 Å². The Morgan fingerprint density at radius 3 is 2.26 bits per heavy atom. The highest BCUT2D eigenvalue weighted by Gasteiger charge is 2.50. The molecule has 2 amide bonds. The van der Waals surface area contributed by atoms with Crippen LogP contribution in [-0.4, -0.2) is 59.9 Å². The van der Waals surface area contributed by atoms with Crippen LogP contribution in [0.25, 0.3) is 0 Å². The first-order chi connectivity index (χ1) is 18.2. The topological polar surface area (TPSA) is 43.9 Å². The number of likely N-dealkylation sites (tertiary alicyclic amines) is 1. The van der Waals surface area contributed by atoms with Crippen LogP contribution in [0.4, 0.5) is 5.69 Å². The summed E-state index contributed by atoms with van der Waals surface area (Å²) >= 11 is 6.24. The number of amides is 2. The maximum absolute atomic E-state index is 14.5. The second-order valence-electron chi connectivity index (χ2n) is 12.3. The average molecular weight is 536 g/mol. The molecule has 2 aliphatic heterocycles. The van der Waals surface area contributed by atoms with Gasteiger partial charge in [-0.1, -0.05) is 62.7 Å². The van der Waals surface area contributed by atoms with Crippen LogP contribution in [-0.2, 0) is 15.0 Å². The molecule has 2 atom stereocenters. The third-order valence-corrected chi connectivity index (χ3v) is 9.59. The van der Waals surface area contributed by atoms with E-state index >= 15 is 0 Å². The molecule has 0 radical (unpaired) electrons. The predicted molar refractivity (Wildman–Crippen MR) is 155 cm³/mol. The molecule has 38 heavy (non-hydrogen) atoms. The number of rotatable bonds is 6. The van der Waals surface area contributed by atoms with Gasteiger partial charge in [-0.3, -0.25) is 9.59 Å². The molecule has 204 valence electrons. The van der Waals surface area contributed by atoms with Crippen LogP contribution >= 0.6 is 11.6 Å². The molecular weight excluding hydrogens is 494 g/mol. The number of hydrogen-bond donors (Lipinski definition) is 0. The van der Waals surface area contributed by atoms with Crippen LogP contribution in [0, 0.1) is 5.41 Å². The van der Waals surface area contributed by atoms with Gasteiger partial charge in [-0.25, -0.2) is 0 Å². The number of carbonyl (C=O) groups excluding carboxylic acids is 2. The van der Waals surface area contributed by atoms with Gasteiger partial charge in [-0.15, -0.1) is 0 Å². The van der Waals surface area contributed by atoms with Gasteiger partial charge in [0.05, 0.1) is 11.5 Å². The smallest absolute Gasteiger partial charge is 0.235 e. The molecule has 1 aliphatic carbocycles. The van der Waals surface area contributed by atoms with Gasteiger partial charge in [0, 0.05) is 49.4 Å². The Labute approximate surface area is 233 Å². The van der Waals surface area contributed by atoms with E-state index in [1.807, 2.05) is 37.3 Å². The molecule has 0 bridgehead atoms. The summed E-state index contributed by atoms with van der Waals surface area (Å²) in [5.74, 6) is 0.423. The van der Waals surface area contributed by atoms with E-state index in [9.17, 15) is 9.59 Å². The molecule has 3 fully saturated rings. The minimum absolute atomic E-state index is 0.103. The Morgan fingerprint density at radius 1 is 0.921 bits per heavy atom. The third-order valence-electron chi connectivity index (χ3n) is 9.33. The number of anilines is 1. The largest absolute Gasteiger partial charge is 0.370 e.